The second kappa shape index (κ2) is 5.35. The Morgan fingerprint density at radius 3 is 2.82 bits per heavy atom. The number of hydrogen-bond donors (Lipinski definition) is 2. The zero-order chi connectivity index (χ0) is 13.0. The first-order valence-electron chi connectivity index (χ1n) is 4.90. The van der Waals surface area contributed by atoms with Crippen LogP contribution in [0.15, 0.2) is 18.2 Å². The third-order valence-corrected chi connectivity index (χ3v) is 2.13. The van der Waals surface area contributed by atoms with Gasteiger partial charge in [0.15, 0.2) is 0 Å². The van der Waals surface area contributed by atoms with Gasteiger partial charge in [-0.15, -0.1) is 0 Å². The smallest absolute Gasteiger partial charge is 0.285 e. The topological polar surface area (TPSA) is 98.3 Å². The maximum atomic E-state index is 12.8. The number of nitro groups is 1. The van der Waals surface area contributed by atoms with Gasteiger partial charge in [0.1, 0.15) is 11.4 Å². The molecule has 92 valence electrons. The number of hydrogen-bond acceptors (Lipinski definition) is 4. The van der Waals surface area contributed by atoms with E-state index in [0.29, 0.717) is 6.07 Å². The normalized spacial score (nSPS) is 11.9. The van der Waals surface area contributed by atoms with Crippen molar-refractivity contribution in [1.82, 2.24) is 5.32 Å². The van der Waals surface area contributed by atoms with E-state index in [1.54, 1.807) is 6.92 Å². The van der Waals surface area contributed by atoms with E-state index in [-0.39, 0.29) is 18.2 Å². The molecule has 0 saturated carbocycles. The van der Waals surface area contributed by atoms with E-state index in [9.17, 15) is 19.3 Å². The first-order valence-corrected chi connectivity index (χ1v) is 4.90. The molecule has 3 N–H and O–H groups in total. The second-order valence-electron chi connectivity index (χ2n) is 3.53. The van der Waals surface area contributed by atoms with Crippen molar-refractivity contribution < 1.29 is 14.1 Å². The van der Waals surface area contributed by atoms with E-state index >= 15 is 0 Å². The minimum atomic E-state index is -0.800. The van der Waals surface area contributed by atoms with Crippen LogP contribution < -0.4 is 11.1 Å². The molecule has 1 aromatic rings. The fourth-order valence-corrected chi connectivity index (χ4v) is 1.21. The Morgan fingerprint density at radius 1 is 1.65 bits per heavy atom. The Hall–Kier alpha value is -2.02. The molecule has 0 spiro atoms. The van der Waals surface area contributed by atoms with Gasteiger partial charge in [0.2, 0.25) is 0 Å². The quantitative estimate of drug-likeness (QED) is 0.602. The van der Waals surface area contributed by atoms with Crippen molar-refractivity contribution in [2.75, 3.05) is 6.54 Å². The fourth-order valence-electron chi connectivity index (χ4n) is 1.21. The molecule has 0 aliphatic heterocycles. The first kappa shape index (κ1) is 13.0. The molecule has 0 aliphatic carbocycles. The molecular weight excluding hydrogens is 229 g/mol. The number of halogens is 1. The number of amides is 1. The first-order chi connectivity index (χ1) is 7.95. The van der Waals surface area contributed by atoms with Crippen molar-refractivity contribution in [1.29, 1.82) is 0 Å². The van der Waals surface area contributed by atoms with Crippen molar-refractivity contribution in [2.45, 2.75) is 13.0 Å². The average molecular weight is 241 g/mol. The largest absolute Gasteiger partial charge is 0.348 e. The molecule has 0 heterocycles. The summed E-state index contributed by atoms with van der Waals surface area (Å²) in [5, 5.41) is 13.1. The van der Waals surface area contributed by atoms with E-state index in [2.05, 4.69) is 5.32 Å². The molecule has 0 aliphatic rings. The number of nitrogens with zero attached hydrogens (tertiary/aromatic N) is 1. The summed E-state index contributed by atoms with van der Waals surface area (Å²) in [5.41, 5.74) is 4.56. The standard InChI is InChI=1S/C10H12FN3O3/c1-6(5-12)13-10(15)8-3-2-7(11)4-9(8)14(16)17/h2-4,6H,5,12H2,1H3,(H,13,15)/t6-/m0/s1. The van der Waals surface area contributed by atoms with Gasteiger partial charge in [0.25, 0.3) is 11.6 Å². The summed E-state index contributed by atoms with van der Waals surface area (Å²) in [7, 11) is 0. The average Bonchev–Trinajstić information content (AvgIpc) is 2.28. The van der Waals surface area contributed by atoms with E-state index in [1.807, 2.05) is 0 Å². The monoisotopic (exact) mass is 241 g/mol. The summed E-state index contributed by atoms with van der Waals surface area (Å²) in [6.45, 7) is 1.87. The number of nitrogens with one attached hydrogen (secondary N) is 1. The summed E-state index contributed by atoms with van der Waals surface area (Å²) in [4.78, 5) is 21.5. The second-order valence-corrected chi connectivity index (χ2v) is 3.53. The number of benzene rings is 1. The van der Waals surface area contributed by atoms with Gasteiger partial charge in [-0.1, -0.05) is 0 Å². The molecule has 0 radical (unpaired) electrons. The fraction of sp³-hybridized carbons (Fsp3) is 0.300. The van der Waals surface area contributed by atoms with Crippen LogP contribution in [-0.4, -0.2) is 23.4 Å². The molecule has 1 aromatic carbocycles. The Kier molecular flexibility index (Phi) is 4.11. The number of nitro benzene ring substituents is 1. The van der Waals surface area contributed by atoms with Gasteiger partial charge < -0.3 is 11.1 Å². The van der Waals surface area contributed by atoms with Gasteiger partial charge >= 0.3 is 0 Å². The van der Waals surface area contributed by atoms with Crippen LogP contribution in [0.1, 0.15) is 17.3 Å². The van der Waals surface area contributed by atoms with E-state index in [1.165, 1.54) is 0 Å². The molecule has 7 heteroatoms. The zero-order valence-corrected chi connectivity index (χ0v) is 9.14. The molecule has 0 aromatic heterocycles. The van der Waals surface area contributed by atoms with Crippen LogP contribution in [0.2, 0.25) is 0 Å². The lowest BCUT2D eigenvalue weighted by Crippen LogP contribution is -2.38. The lowest BCUT2D eigenvalue weighted by molar-refractivity contribution is -0.385. The van der Waals surface area contributed by atoms with Crippen LogP contribution in [0.5, 0.6) is 0 Å². The van der Waals surface area contributed by atoms with Crippen LogP contribution in [0.4, 0.5) is 10.1 Å². The molecule has 0 unspecified atom stereocenters. The zero-order valence-electron chi connectivity index (χ0n) is 9.14. The highest BCUT2D eigenvalue weighted by Crippen LogP contribution is 2.19. The van der Waals surface area contributed by atoms with Crippen LogP contribution in [0.3, 0.4) is 0 Å². The third-order valence-electron chi connectivity index (χ3n) is 2.13. The molecule has 0 saturated heterocycles. The highest BCUT2D eigenvalue weighted by Gasteiger charge is 2.21. The molecule has 1 atom stereocenters. The Balaban J connectivity index is 3.04. The van der Waals surface area contributed by atoms with Gasteiger partial charge in [-0.3, -0.25) is 14.9 Å². The number of rotatable bonds is 4. The van der Waals surface area contributed by atoms with Crippen LogP contribution in [-0.2, 0) is 0 Å². The van der Waals surface area contributed by atoms with Crippen LogP contribution in [0, 0.1) is 15.9 Å². The van der Waals surface area contributed by atoms with Gasteiger partial charge in [-0.05, 0) is 19.1 Å². The molecule has 17 heavy (non-hydrogen) atoms. The molecule has 0 fully saturated rings. The van der Waals surface area contributed by atoms with Crippen LogP contribution >= 0.6 is 0 Å². The van der Waals surface area contributed by atoms with E-state index in [0.717, 1.165) is 12.1 Å². The third kappa shape index (κ3) is 3.22. The van der Waals surface area contributed by atoms with Gasteiger partial charge in [-0.2, -0.15) is 0 Å². The Bertz CT molecular complexity index is 450. The minimum Gasteiger partial charge on any atom is -0.348 e. The van der Waals surface area contributed by atoms with Crippen molar-refractivity contribution in [3.63, 3.8) is 0 Å². The molecular formula is C10H12FN3O3. The molecule has 0 bridgehead atoms. The Labute approximate surface area is 96.8 Å². The molecule has 1 amide bonds. The number of carbonyl (C=O) groups is 1. The van der Waals surface area contributed by atoms with Crippen LogP contribution in [0.25, 0.3) is 0 Å². The molecule has 1 rings (SSSR count). The summed E-state index contributed by atoms with van der Waals surface area (Å²) in [6, 6.07) is 2.47. The van der Waals surface area contributed by atoms with Crippen molar-refractivity contribution in [3.8, 4) is 0 Å². The maximum Gasteiger partial charge on any atom is 0.285 e. The summed E-state index contributed by atoms with van der Waals surface area (Å²) in [5.74, 6) is -1.41. The summed E-state index contributed by atoms with van der Waals surface area (Å²) >= 11 is 0. The highest BCUT2D eigenvalue weighted by molar-refractivity contribution is 5.98. The van der Waals surface area contributed by atoms with E-state index < -0.39 is 22.3 Å². The van der Waals surface area contributed by atoms with Crippen molar-refractivity contribution >= 4 is 11.6 Å². The lowest BCUT2D eigenvalue weighted by Gasteiger charge is -2.11. The minimum absolute atomic E-state index is 0.184. The van der Waals surface area contributed by atoms with Crippen molar-refractivity contribution in [2.24, 2.45) is 5.73 Å². The highest BCUT2D eigenvalue weighted by atomic mass is 19.1. The van der Waals surface area contributed by atoms with Crippen molar-refractivity contribution in [3.05, 3.63) is 39.7 Å². The van der Waals surface area contributed by atoms with Gasteiger partial charge in [0.05, 0.1) is 11.0 Å². The maximum absolute atomic E-state index is 12.8. The number of carbonyl (C=O) groups excluding carboxylic acids is 1. The SMILES string of the molecule is C[C@@H](CN)NC(=O)c1ccc(F)cc1[N+](=O)[O-]. The number of nitrogens with two attached hydrogens (primary N) is 1. The van der Waals surface area contributed by atoms with E-state index in [4.69, 9.17) is 5.73 Å². The lowest BCUT2D eigenvalue weighted by atomic mass is 10.1. The van der Waals surface area contributed by atoms with Gasteiger partial charge in [0, 0.05) is 12.6 Å². The summed E-state index contributed by atoms with van der Waals surface area (Å²) in [6.07, 6.45) is 0. The predicted molar refractivity (Wildman–Crippen MR) is 59.0 cm³/mol. The van der Waals surface area contributed by atoms with Gasteiger partial charge in [-0.25, -0.2) is 4.39 Å². The Morgan fingerprint density at radius 2 is 2.29 bits per heavy atom. The summed E-state index contributed by atoms with van der Waals surface area (Å²) < 4.78 is 12.8. The predicted octanol–water partition coefficient (Wildman–Crippen LogP) is 0.811. The molecule has 6 nitrogen and oxygen atoms in total.